The van der Waals surface area contributed by atoms with Gasteiger partial charge in [0, 0.05) is 19.7 Å². The summed E-state index contributed by atoms with van der Waals surface area (Å²) in [5, 5.41) is 0. The highest BCUT2D eigenvalue weighted by Gasteiger charge is 2.20. The Bertz CT molecular complexity index is 449. The lowest BCUT2D eigenvalue weighted by Crippen LogP contribution is -2.31. The Hall–Kier alpha value is -1.50. The summed E-state index contributed by atoms with van der Waals surface area (Å²) in [4.78, 5) is 17.8. The molecule has 0 aliphatic heterocycles. The van der Waals surface area contributed by atoms with Crippen LogP contribution in [0.2, 0.25) is 0 Å². The molecule has 0 atom stereocenters. The summed E-state index contributed by atoms with van der Waals surface area (Å²) in [6.45, 7) is 3.15. The average molecular weight is 278 g/mol. The number of carbonyl (C=O) groups is 1. The number of nitrogen functional groups attached to an aromatic ring is 1. The van der Waals surface area contributed by atoms with Crippen molar-refractivity contribution >= 4 is 5.91 Å². The zero-order valence-corrected chi connectivity index (χ0v) is 11.8. The van der Waals surface area contributed by atoms with Crippen LogP contribution in [0.4, 0.5) is 0 Å². The Morgan fingerprint density at radius 1 is 1.55 bits per heavy atom. The van der Waals surface area contributed by atoms with E-state index < -0.39 is 0 Å². The minimum Gasteiger partial charge on any atom is -0.380 e. The number of nitrogens with zero attached hydrogens (tertiary/aromatic N) is 2. The van der Waals surface area contributed by atoms with Gasteiger partial charge in [-0.3, -0.25) is 15.1 Å². The summed E-state index contributed by atoms with van der Waals surface area (Å²) in [5.41, 5.74) is 3.26. The molecule has 1 heterocycles. The molecule has 6 nitrogen and oxygen atoms in total. The van der Waals surface area contributed by atoms with Crippen LogP contribution in [0.3, 0.4) is 0 Å². The normalized spacial score (nSPS) is 14.6. The summed E-state index contributed by atoms with van der Waals surface area (Å²) in [7, 11) is 2.01. The molecule has 1 fully saturated rings. The number of ether oxygens (including phenoxy) is 1. The number of rotatable bonds is 8. The summed E-state index contributed by atoms with van der Waals surface area (Å²) in [5.74, 6) is 5.53. The first-order chi connectivity index (χ1) is 9.69. The van der Waals surface area contributed by atoms with E-state index in [4.69, 9.17) is 10.6 Å². The molecule has 20 heavy (non-hydrogen) atoms. The van der Waals surface area contributed by atoms with Crippen molar-refractivity contribution in [3.8, 4) is 0 Å². The standard InChI is InChI=1S/C14H22N4O2/c1-18(7-8-20-10-11-5-6-11)9-12-3-2-4-13(16-12)14(19)17-15/h2-4,11H,5-10,15H2,1H3,(H,17,19). The molecule has 2 rings (SSSR count). The van der Waals surface area contributed by atoms with Crippen molar-refractivity contribution in [1.82, 2.24) is 15.3 Å². The minimum atomic E-state index is -0.373. The van der Waals surface area contributed by atoms with Crippen LogP contribution >= 0.6 is 0 Å². The molecule has 1 aromatic heterocycles. The van der Waals surface area contributed by atoms with Gasteiger partial charge in [-0.15, -0.1) is 0 Å². The molecule has 0 radical (unpaired) electrons. The fourth-order valence-corrected chi connectivity index (χ4v) is 1.88. The highest BCUT2D eigenvalue weighted by molar-refractivity contribution is 5.91. The van der Waals surface area contributed by atoms with Crippen molar-refractivity contribution in [2.45, 2.75) is 19.4 Å². The maximum Gasteiger partial charge on any atom is 0.283 e. The fraction of sp³-hybridized carbons (Fsp3) is 0.571. The van der Waals surface area contributed by atoms with Gasteiger partial charge in [0.25, 0.3) is 5.91 Å². The molecule has 0 saturated heterocycles. The third-order valence-electron chi connectivity index (χ3n) is 3.27. The van der Waals surface area contributed by atoms with Crippen molar-refractivity contribution in [3.63, 3.8) is 0 Å². The van der Waals surface area contributed by atoms with E-state index in [0.29, 0.717) is 12.2 Å². The number of nitrogens with two attached hydrogens (primary N) is 1. The Labute approximate surface area is 119 Å². The molecule has 1 aromatic rings. The van der Waals surface area contributed by atoms with Gasteiger partial charge in [0.05, 0.1) is 12.3 Å². The molecular weight excluding hydrogens is 256 g/mol. The fourth-order valence-electron chi connectivity index (χ4n) is 1.88. The van der Waals surface area contributed by atoms with Crippen LogP contribution in [0.1, 0.15) is 29.0 Å². The third kappa shape index (κ3) is 4.88. The van der Waals surface area contributed by atoms with Crippen molar-refractivity contribution < 1.29 is 9.53 Å². The maximum absolute atomic E-state index is 11.4. The lowest BCUT2D eigenvalue weighted by atomic mass is 10.3. The van der Waals surface area contributed by atoms with E-state index in [2.05, 4.69) is 15.3 Å². The number of aromatic nitrogens is 1. The second kappa shape index (κ2) is 7.33. The number of nitrogens with one attached hydrogen (secondary N) is 1. The van der Waals surface area contributed by atoms with Crippen molar-refractivity contribution in [2.75, 3.05) is 26.8 Å². The minimum absolute atomic E-state index is 0.336. The van der Waals surface area contributed by atoms with Gasteiger partial charge in [-0.25, -0.2) is 10.8 Å². The van der Waals surface area contributed by atoms with Gasteiger partial charge < -0.3 is 4.74 Å². The molecule has 1 saturated carbocycles. The predicted molar refractivity (Wildman–Crippen MR) is 75.8 cm³/mol. The van der Waals surface area contributed by atoms with Gasteiger partial charge in [0.1, 0.15) is 5.69 Å². The number of pyridine rings is 1. The van der Waals surface area contributed by atoms with E-state index in [1.54, 1.807) is 6.07 Å². The monoisotopic (exact) mass is 278 g/mol. The highest BCUT2D eigenvalue weighted by atomic mass is 16.5. The molecule has 0 spiro atoms. The number of carbonyl (C=O) groups excluding carboxylic acids is 1. The Balaban J connectivity index is 1.74. The van der Waals surface area contributed by atoms with Crippen LogP contribution in [0.5, 0.6) is 0 Å². The largest absolute Gasteiger partial charge is 0.380 e. The quantitative estimate of drug-likeness (QED) is 0.314. The molecule has 1 aliphatic rings. The highest BCUT2D eigenvalue weighted by Crippen LogP contribution is 2.28. The number of likely N-dealkylation sites (N-methyl/N-ethyl adjacent to an activating group) is 1. The molecule has 0 aromatic carbocycles. The number of hydrogen-bond acceptors (Lipinski definition) is 5. The molecule has 0 unspecified atom stereocenters. The van der Waals surface area contributed by atoms with Crippen LogP contribution in [-0.2, 0) is 11.3 Å². The Morgan fingerprint density at radius 2 is 2.35 bits per heavy atom. The Morgan fingerprint density at radius 3 is 3.05 bits per heavy atom. The van der Waals surface area contributed by atoms with Crippen molar-refractivity contribution in [3.05, 3.63) is 29.6 Å². The molecular formula is C14H22N4O2. The van der Waals surface area contributed by atoms with E-state index in [-0.39, 0.29) is 5.91 Å². The first-order valence-electron chi connectivity index (χ1n) is 6.92. The smallest absolute Gasteiger partial charge is 0.283 e. The number of hydrazine groups is 1. The topological polar surface area (TPSA) is 80.5 Å². The van der Waals surface area contributed by atoms with Crippen LogP contribution in [-0.4, -0.2) is 42.6 Å². The van der Waals surface area contributed by atoms with E-state index in [9.17, 15) is 4.79 Å². The summed E-state index contributed by atoms with van der Waals surface area (Å²) >= 11 is 0. The number of hydrogen-bond donors (Lipinski definition) is 2. The molecule has 1 aliphatic carbocycles. The lowest BCUT2D eigenvalue weighted by molar-refractivity contribution is 0.0946. The van der Waals surface area contributed by atoms with Crippen LogP contribution in [0, 0.1) is 5.92 Å². The third-order valence-corrected chi connectivity index (χ3v) is 3.27. The summed E-state index contributed by atoms with van der Waals surface area (Å²) in [6, 6.07) is 5.35. The van der Waals surface area contributed by atoms with Gasteiger partial charge in [-0.1, -0.05) is 6.07 Å². The Kier molecular flexibility index (Phi) is 5.46. The lowest BCUT2D eigenvalue weighted by Gasteiger charge is -2.16. The van der Waals surface area contributed by atoms with Crippen LogP contribution < -0.4 is 11.3 Å². The second-order valence-corrected chi connectivity index (χ2v) is 5.24. The SMILES string of the molecule is CN(CCOCC1CC1)Cc1cccc(C(=O)NN)n1. The average Bonchev–Trinajstić information content (AvgIpc) is 3.27. The summed E-state index contributed by atoms with van der Waals surface area (Å²) < 4.78 is 5.60. The second-order valence-electron chi connectivity index (χ2n) is 5.24. The zero-order chi connectivity index (χ0) is 14.4. The molecule has 6 heteroatoms. The molecule has 110 valence electrons. The van der Waals surface area contributed by atoms with Crippen LogP contribution in [0.15, 0.2) is 18.2 Å². The first-order valence-corrected chi connectivity index (χ1v) is 6.92. The molecule has 1 amide bonds. The van der Waals surface area contributed by atoms with Crippen molar-refractivity contribution in [1.29, 1.82) is 0 Å². The van der Waals surface area contributed by atoms with Gasteiger partial charge in [-0.2, -0.15) is 0 Å². The van der Waals surface area contributed by atoms with Gasteiger partial charge in [0.15, 0.2) is 0 Å². The van der Waals surface area contributed by atoms with Crippen LogP contribution in [0.25, 0.3) is 0 Å². The zero-order valence-electron chi connectivity index (χ0n) is 11.8. The van der Waals surface area contributed by atoms with E-state index in [1.165, 1.54) is 12.8 Å². The number of amides is 1. The van der Waals surface area contributed by atoms with Gasteiger partial charge in [-0.05, 0) is 37.9 Å². The van der Waals surface area contributed by atoms with E-state index in [0.717, 1.165) is 31.4 Å². The predicted octanol–water partition coefficient (Wildman–Crippen LogP) is 0.544. The van der Waals surface area contributed by atoms with Gasteiger partial charge >= 0.3 is 0 Å². The first kappa shape index (κ1) is 14.9. The van der Waals surface area contributed by atoms with Gasteiger partial charge in [0.2, 0.25) is 0 Å². The van der Waals surface area contributed by atoms with E-state index >= 15 is 0 Å². The summed E-state index contributed by atoms with van der Waals surface area (Å²) in [6.07, 6.45) is 2.63. The van der Waals surface area contributed by atoms with Crippen molar-refractivity contribution in [2.24, 2.45) is 11.8 Å². The molecule has 0 bridgehead atoms. The molecule has 3 N–H and O–H groups in total. The maximum atomic E-state index is 11.4. The van der Waals surface area contributed by atoms with E-state index in [1.807, 2.05) is 19.2 Å².